The van der Waals surface area contributed by atoms with Gasteiger partial charge in [-0.1, -0.05) is 19.9 Å². The average molecular weight is 224 g/mol. The lowest BCUT2D eigenvalue weighted by Crippen LogP contribution is -2.20. The molecule has 82 valence electrons. The van der Waals surface area contributed by atoms with Gasteiger partial charge in [0.05, 0.1) is 10.6 Å². The largest absolute Gasteiger partial charge is 0.224 e. The minimum absolute atomic E-state index is 0.236. The topological polar surface area (TPSA) is 34.1 Å². The summed E-state index contributed by atoms with van der Waals surface area (Å²) in [6.45, 7) is 8.04. The van der Waals surface area contributed by atoms with Crippen molar-refractivity contribution in [3.63, 3.8) is 0 Å². The highest BCUT2D eigenvalue weighted by Crippen LogP contribution is 2.41. The van der Waals surface area contributed by atoms with Crippen LogP contribution in [0.2, 0.25) is 0 Å². The van der Waals surface area contributed by atoms with Crippen LogP contribution >= 0.6 is 0 Å². The van der Waals surface area contributed by atoms with Crippen molar-refractivity contribution in [3.05, 3.63) is 28.8 Å². The molecule has 15 heavy (non-hydrogen) atoms. The summed E-state index contributed by atoms with van der Waals surface area (Å²) in [5.74, 6) is 0.236. The van der Waals surface area contributed by atoms with E-state index < -0.39 is 9.84 Å². The molecule has 0 spiro atoms. The Balaban J connectivity index is 2.88. The highest BCUT2D eigenvalue weighted by molar-refractivity contribution is 7.91. The Labute approximate surface area is 91.2 Å². The number of benzene rings is 1. The maximum absolute atomic E-state index is 11.9. The number of hydrogen-bond donors (Lipinski definition) is 0. The molecule has 0 radical (unpaired) electrons. The van der Waals surface area contributed by atoms with E-state index in [4.69, 9.17) is 0 Å². The minimum Gasteiger partial charge on any atom is -0.224 e. The molecule has 0 fully saturated rings. The molecule has 0 saturated heterocycles. The summed E-state index contributed by atoms with van der Waals surface area (Å²) in [6, 6.07) is 3.65. The molecule has 1 aromatic rings. The molecule has 2 nitrogen and oxygen atoms in total. The number of fused-ring (bicyclic) bond motifs is 1. The Morgan fingerprint density at radius 3 is 2.40 bits per heavy atom. The van der Waals surface area contributed by atoms with E-state index in [1.807, 2.05) is 33.8 Å². The molecule has 3 heteroatoms. The Kier molecular flexibility index (Phi) is 2.03. The van der Waals surface area contributed by atoms with E-state index >= 15 is 0 Å². The second-order valence-electron chi connectivity index (χ2n) is 5.02. The fraction of sp³-hybridized carbons (Fsp3) is 0.500. The maximum atomic E-state index is 11.9. The molecule has 0 aromatic heterocycles. The van der Waals surface area contributed by atoms with Crippen LogP contribution in [0.4, 0.5) is 0 Å². The second kappa shape index (κ2) is 2.85. The number of hydrogen-bond acceptors (Lipinski definition) is 2. The van der Waals surface area contributed by atoms with Gasteiger partial charge in [-0.3, -0.25) is 0 Å². The monoisotopic (exact) mass is 224 g/mol. The summed E-state index contributed by atoms with van der Waals surface area (Å²) in [4.78, 5) is 0.538. The van der Waals surface area contributed by atoms with Crippen molar-refractivity contribution in [1.29, 1.82) is 0 Å². The van der Waals surface area contributed by atoms with E-state index in [-0.39, 0.29) is 11.2 Å². The molecular formula is C12H16O2S. The molecule has 2 rings (SSSR count). The minimum atomic E-state index is -3.05. The third-order valence-electron chi connectivity index (χ3n) is 3.26. The molecular weight excluding hydrogens is 208 g/mol. The van der Waals surface area contributed by atoms with Crippen LogP contribution in [0.1, 0.15) is 30.5 Å². The first-order valence-electron chi connectivity index (χ1n) is 5.09. The van der Waals surface area contributed by atoms with Crippen molar-refractivity contribution in [2.45, 2.75) is 38.0 Å². The zero-order valence-corrected chi connectivity index (χ0v) is 10.4. The SMILES string of the molecule is Cc1ccc2c(c1C)C(C)(C)CS2(=O)=O. The molecule has 0 aliphatic carbocycles. The molecule has 1 aromatic carbocycles. The summed E-state index contributed by atoms with van der Waals surface area (Å²) in [5, 5.41) is 0. The average Bonchev–Trinajstić information content (AvgIpc) is 2.24. The van der Waals surface area contributed by atoms with Gasteiger partial charge in [0.2, 0.25) is 0 Å². The summed E-state index contributed by atoms with van der Waals surface area (Å²) in [7, 11) is -3.05. The van der Waals surface area contributed by atoms with Gasteiger partial charge in [-0.2, -0.15) is 0 Å². The van der Waals surface area contributed by atoms with E-state index in [1.54, 1.807) is 6.07 Å². The fourth-order valence-corrected chi connectivity index (χ4v) is 4.78. The van der Waals surface area contributed by atoms with Crippen molar-refractivity contribution >= 4 is 9.84 Å². The predicted molar refractivity (Wildman–Crippen MR) is 61.0 cm³/mol. The summed E-state index contributed by atoms with van der Waals surface area (Å²) < 4.78 is 23.9. The van der Waals surface area contributed by atoms with Gasteiger partial charge in [0.15, 0.2) is 9.84 Å². The maximum Gasteiger partial charge on any atom is 0.179 e. The Bertz CT molecular complexity index is 525. The number of sulfone groups is 1. The van der Waals surface area contributed by atoms with Crippen LogP contribution in [0.5, 0.6) is 0 Å². The van der Waals surface area contributed by atoms with Gasteiger partial charge in [0.25, 0.3) is 0 Å². The zero-order valence-electron chi connectivity index (χ0n) is 9.59. The number of rotatable bonds is 0. The van der Waals surface area contributed by atoms with Gasteiger partial charge >= 0.3 is 0 Å². The smallest absolute Gasteiger partial charge is 0.179 e. The molecule has 0 atom stereocenters. The van der Waals surface area contributed by atoms with Crippen molar-refractivity contribution in [3.8, 4) is 0 Å². The molecule has 0 unspecified atom stereocenters. The predicted octanol–water partition coefficient (Wildman–Crippen LogP) is 2.37. The van der Waals surface area contributed by atoms with Gasteiger partial charge in [0, 0.05) is 5.41 Å². The van der Waals surface area contributed by atoms with Crippen LogP contribution in [-0.4, -0.2) is 14.2 Å². The van der Waals surface area contributed by atoms with Gasteiger partial charge < -0.3 is 0 Å². The standard InChI is InChI=1S/C12H16O2S/c1-8-5-6-10-11(9(8)2)12(3,4)7-15(10,13)14/h5-6H,7H2,1-4H3. The van der Waals surface area contributed by atoms with E-state index in [2.05, 4.69) is 0 Å². The summed E-state index contributed by atoms with van der Waals surface area (Å²) in [5.41, 5.74) is 3.06. The van der Waals surface area contributed by atoms with Crippen molar-refractivity contribution in [1.82, 2.24) is 0 Å². The first-order valence-corrected chi connectivity index (χ1v) is 6.74. The Morgan fingerprint density at radius 2 is 1.80 bits per heavy atom. The third kappa shape index (κ3) is 1.41. The highest BCUT2D eigenvalue weighted by atomic mass is 32.2. The molecule has 1 aliphatic rings. The van der Waals surface area contributed by atoms with Gasteiger partial charge in [-0.15, -0.1) is 0 Å². The van der Waals surface area contributed by atoms with Crippen molar-refractivity contribution in [2.24, 2.45) is 0 Å². The van der Waals surface area contributed by atoms with E-state index in [0.717, 1.165) is 11.1 Å². The van der Waals surface area contributed by atoms with Gasteiger partial charge in [-0.25, -0.2) is 8.42 Å². The first kappa shape index (κ1) is 10.7. The van der Waals surface area contributed by atoms with Gasteiger partial charge in [-0.05, 0) is 36.6 Å². The lowest BCUT2D eigenvalue weighted by Gasteiger charge is -2.20. The normalized spacial score (nSPS) is 21.3. The van der Waals surface area contributed by atoms with E-state index in [1.165, 1.54) is 5.56 Å². The van der Waals surface area contributed by atoms with E-state index in [9.17, 15) is 8.42 Å². The molecule has 0 saturated carbocycles. The van der Waals surface area contributed by atoms with Crippen LogP contribution < -0.4 is 0 Å². The number of aryl methyl sites for hydroxylation is 1. The second-order valence-corrected chi connectivity index (χ2v) is 6.98. The summed E-state index contributed by atoms with van der Waals surface area (Å²) in [6.07, 6.45) is 0. The quantitative estimate of drug-likeness (QED) is 0.678. The molecule has 0 amide bonds. The van der Waals surface area contributed by atoms with E-state index in [0.29, 0.717) is 4.90 Å². The molecule has 0 N–H and O–H groups in total. The first-order chi connectivity index (χ1) is 6.76. The zero-order chi connectivity index (χ0) is 11.4. The van der Waals surface area contributed by atoms with Crippen LogP contribution in [0, 0.1) is 13.8 Å². The van der Waals surface area contributed by atoms with Crippen molar-refractivity contribution in [2.75, 3.05) is 5.75 Å². The molecule has 1 heterocycles. The van der Waals surface area contributed by atoms with Crippen LogP contribution in [0.15, 0.2) is 17.0 Å². The van der Waals surface area contributed by atoms with Crippen LogP contribution in [0.3, 0.4) is 0 Å². The summed E-state index contributed by atoms with van der Waals surface area (Å²) >= 11 is 0. The lowest BCUT2D eigenvalue weighted by molar-refractivity contribution is 0.570. The lowest BCUT2D eigenvalue weighted by atomic mass is 9.83. The van der Waals surface area contributed by atoms with Gasteiger partial charge in [0.1, 0.15) is 0 Å². The third-order valence-corrected chi connectivity index (χ3v) is 5.37. The molecule has 1 aliphatic heterocycles. The fourth-order valence-electron chi connectivity index (χ4n) is 2.52. The Hall–Kier alpha value is -0.830. The van der Waals surface area contributed by atoms with Crippen LogP contribution in [-0.2, 0) is 15.3 Å². The Morgan fingerprint density at radius 1 is 1.20 bits per heavy atom. The highest BCUT2D eigenvalue weighted by Gasteiger charge is 2.41. The van der Waals surface area contributed by atoms with Crippen molar-refractivity contribution < 1.29 is 8.42 Å². The van der Waals surface area contributed by atoms with Crippen LogP contribution in [0.25, 0.3) is 0 Å². The molecule has 0 bridgehead atoms.